The standard InChI is InChI=1S/C9H18O2.C7H10/c1-3-5-6-7-8(4-2)9(10)11;1-2-7-4-3-6(1)5-7/h8H,3-7H2,1-2H3,(H,10,11);1-2,6-7H,3-5H2. The van der Waals surface area contributed by atoms with E-state index < -0.39 is 5.97 Å². The molecule has 0 heterocycles. The summed E-state index contributed by atoms with van der Waals surface area (Å²) in [6.45, 7) is 4.06. The maximum absolute atomic E-state index is 10.5. The van der Waals surface area contributed by atoms with Crippen molar-refractivity contribution < 1.29 is 9.90 Å². The monoisotopic (exact) mass is 252 g/mol. The molecule has 1 N–H and O–H groups in total. The van der Waals surface area contributed by atoms with Crippen LogP contribution in [-0.2, 0) is 4.79 Å². The molecule has 2 heteroatoms. The summed E-state index contributed by atoms with van der Waals surface area (Å²) in [6, 6.07) is 0. The highest BCUT2D eigenvalue weighted by atomic mass is 16.4. The van der Waals surface area contributed by atoms with E-state index >= 15 is 0 Å². The third-order valence-corrected chi connectivity index (χ3v) is 4.17. The summed E-state index contributed by atoms with van der Waals surface area (Å²) in [4.78, 5) is 10.5. The zero-order valence-corrected chi connectivity index (χ0v) is 11.9. The fourth-order valence-corrected chi connectivity index (χ4v) is 2.86. The molecular weight excluding hydrogens is 224 g/mol. The number of unbranched alkanes of at least 4 members (excludes halogenated alkanes) is 2. The average molecular weight is 252 g/mol. The van der Waals surface area contributed by atoms with Gasteiger partial charge >= 0.3 is 5.97 Å². The van der Waals surface area contributed by atoms with Crippen molar-refractivity contribution in [2.75, 3.05) is 0 Å². The molecule has 18 heavy (non-hydrogen) atoms. The van der Waals surface area contributed by atoms with E-state index in [0.717, 1.165) is 43.9 Å². The Labute approximate surface area is 111 Å². The SMILES string of the molecule is C1=CC2CCC1C2.CCCCCC(CC)C(=O)O. The minimum atomic E-state index is -0.636. The van der Waals surface area contributed by atoms with Crippen LogP contribution < -0.4 is 0 Å². The van der Waals surface area contributed by atoms with Crippen LogP contribution in [-0.4, -0.2) is 11.1 Å². The molecule has 0 aromatic carbocycles. The van der Waals surface area contributed by atoms with Crippen LogP contribution in [0.4, 0.5) is 0 Å². The van der Waals surface area contributed by atoms with Crippen LogP contribution in [0.25, 0.3) is 0 Å². The van der Waals surface area contributed by atoms with Gasteiger partial charge in [-0.2, -0.15) is 0 Å². The second kappa shape index (κ2) is 8.34. The molecule has 2 bridgehead atoms. The van der Waals surface area contributed by atoms with Crippen LogP contribution in [0.1, 0.15) is 65.2 Å². The largest absolute Gasteiger partial charge is 0.481 e. The second-order valence-corrected chi connectivity index (χ2v) is 5.66. The van der Waals surface area contributed by atoms with Crippen molar-refractivity contribution in [3.63, 3.8) is 0 Å². The number of carbonyl (C=O) groups is 1. The molecule has 2 aliphatic rings. The van der Waals surface area contributed by atoms with Gasteiger partial charge in [-0.05, 0) is 43.9 Å². The van der Waals surface area contributed by atoms with Crippen molar-refractivity contribution in [1.82, 2.24) is 0 Å². The van der Waals surface area contributed by atoms with Gasteiger partial charge in [0.05, 0.1) is 5.92 Å². The molecule has 0 aromatic heterocycles. The molecule has 0 aliphatic heterocycles. The minimum Gasteiger partial charge on any atom is -0.481 e. The first kappa shape index (κ1) is 15.3. The van der Waals surface area contributed by atoms with Crippen molar-refractivity contribution >= 4 is 5.97 Å². The number of carboxylic acid groups (broad SMARTS) is 1. The van der Waals surface area contributed by atoms with E-state index in [-0.39, 0.29) is 5.92 Å². The zero-order chi connectivity index (χ0) is 13.4. The van der Waals surface area contributed by atoms with E-state index in [1.165, 1.54) is 19.3 Å². The third-order valence-electron chi connectivity index (χ3n) is 4.17. The molecule has 0 saturated heterocycles. The summed E-state index contributed by atoms with van der Waals surface area (Å²) < 4.78 is 0. The Morgan fingerprint density at radius 2 is 1.83 bits per heavy atom. The predicted octanol–water partition coefficient (Wildman–Crippen LogP) is 4.65. The van der Waals surface area contributed by atoms with Crippen LogP contribution in [0.5, 0.6) is 0 Å². The highest BCUT2D eigenvalue weighted by Gasteiger charge is 2.25. The van der Waals surface area contributed by atoms with Crippen molar-refractivity contribution in [1.29, 1.82) is 0 Å². The van der Waals surface area contributed by atoms with E-state index in [4.69, 9.17) is 5.11 Å². The molecule has 0 radical (unpaired) electrons. The highest BCUT2D eigenvalue weighted by Crippen LogP contribution is 2.38. The summed E-state index contributed by atoms with van der Waals surface area (Å²) in [5, 5.41) is 8.67. The number of aliphatic carboxylic acids is 1. The lowest BCUT2D eigenvalue weighted by Gasteiger charge is -2.07. The molecule has 104 valence electrons. The van der Waals surface area contributed by atoms with E-state index in [1.54, 1.807) is 0 Å². The van der Waals surface area contributed by atoms with Gasteiger partial charge in [0.15, 0.2) is 0 Å². The topological polar surface area (TPSA) is 37.3 Å². The van der Waals surface area contributed by atoms with Gasteiger partial charge in [-0.15, -0.1) is 0 Å². The Hall–Kier alpha value is -0.790. The van der Waals surface area contributed by atoms with E-state index in [0.29, 0.717) is 0 Å². The van der Waals surface area contributed by atoms with Crippen molar-refractivity contribution in [2.24, 2.45) is 17.8 Å². The molecule has 1 saturated carbocycles. The first-order chi connectivity index (χ1) is 8.67. The first-order valence-electron chi connectivity index (χ1n) is 7.58. The molecular formula is C16H28O2. The molecule has 2 nitrogen and oxygen atoms in total. The van der Waals surface area contributed by atoms with E-state index in [1.807, 2.05) is 6.92 Å². The van der Waals surface area contributed by atoms with Crippen LogP contribution in [0.15, 0.2) is 12.2 Å². The number of allylic oxidation sites excluding steroid dienone is 2. The maximum Gasteiger partial charge on any atom is 0.306 e. The van der Waals surface area contributed by atoms with Crippen LogP contribution >= 0.6 is 0 Å². The Balaban J connectivity index is 0.000000194. The molecule has 3 unspecified atom stereocenters. The maximum atomic E-state index is 10.5. The van der Waals surface area contributed by atoms with Gasteiger partial charge in [-0.3, -0.25) is 4.79 Å². The fourth-order valence-electron chi connectivity index (χ4n) is 2.86. The molecule has 1 fully saturated rings. The molecule has 0 amide bonds. The predicted molar refractivity (Wildman–Crippen MR) is 75.5 cm³/mol. The Morgan fingerprint density at radius 3 is 2.11 bits per heavy atom. The lowest BCUT2D eigenvalue weighted by Crippen LogP contribution is -2.12. The second-order valence-electron chi connectivity index (χ2n) is 5.66. The molecule has 2 rings (SSSR count). The molecule has 0 spiro atoms. The lowest BCUT2D eigenvalue weighted by molar-refractivity contribution is -0.142. The van der Waals surface area contributed by atoms with Gasteiger partial charge in [-0.1, -0.05) is 45.3 Å². The normalized spacial score (nSPS) is 25.7. The van der Waals surface area contributed by atoms with Gasteiger partial charge in [0, 0.05) is 0 Å². The van der Waals surface area contributed by atoms with Gasteiger partial charge in [-0.25, -0.2) is 0 Å². The number of hydrogen-bond donors (Lipinski definition) is 1. The highest BCUT2D eigenvalue weighted by molar-refractivity contribution is 5.69. The summed E-state index contributed by atoms with van der Waals surface area (Å²) in [5.41, 5.74) is 0. The van der Waals surface area contributed by atoms with Crippen LogP contribution in [0, 0.1) is 17.8 Å². The van der Waals surface area contributed by atoms with E-state index in [2.05, 4.69) is 19.1 Å². The van der Waals surface area contributed by atoms with Crippen LogP contribution in [0.3, 0.4) is 0 Å². The number of carboxylic acids is 1. The van der Waals surface area contributed by atoms with Crippen molar-refractivity contribution in [2.45, 2.75) is 65.2 Å². The number of fused-ring (bicyclic) bond motifs is 2. The van der Waals surface area contributed by atoms with Crippen molar-refractivity contribution in [3.8, 4) is 0 Å². The summed E-state index contributed by atoms with van der Waals surface area (Å²) >= 11 is 0. The summed E-state index contributed by atoms with van der Waals surface area (Å²) in [5.74, 6) is 1.24. The van der Waals surface area contributed by atoms with Gasteiger partial charge in [0.1, 0.15) is 0 Å². The van der Waals surface area contributed by atoms with E-state index in [9.17, 15) is 4.79 Å². The fraction of sp³-hybridized carbons (Fsp3) is 0.812. The average Bonchev–Trinajstić information content (AvgIpc) is 2.99. The quantitative estimate of drug-likeness (QED) is 0.552. The Morgan fingerprint density at radius 1 is 1.22 bits per heavy atom. The third kappa shape index (κ3) is 5.24. The molecule has 0 aromatic rings. The molecule has 2 aliphatic carbocycles. The van der Waals surface area contributed by atoms with Gasteiger partial charge in [0.25, 0.3) is 0 Å². The number of rotatable bonds is 6. The summed E-state index contributed by atoms with van der Waals surface area (Å²) in [6.07, 6.45) is 14.2. The minimum absolute atomic E-state index is 0.110. The van der Waals surface area contributed by atoms with Gasteiger partial charge in [0.2, 0.25) is 0 Å². The lowest BCUT2D eigenvalue weighted by atomic mass is 9.99. The van der Waals surface area contributed by atoms with Crippen LogP contribution in [0.2, 0.25) is 0 Å². The molecule has 3 atom stereocenters. The Bertz CT molecular complexity index is 258. The first-order valence-corrected chi connectivity index (χ1v) is 7.58. The number of hydrogen-bond acceptors (Lipinski definition) is 1. The Kier molecular flexibility index (Phi) is 7.07. The zero-order valence-electron chi connectivity index (χ0n) is 11.9. The van der Waals surface area contributed by atoms with Gasteiger partial charge < -0.3 is 5.11 Å². The summed E-state index contributed by atoms with van der Waals surface area (Å²) in [7, 11) is 0. The smallest absolute Gasteiger partial charge is 0.306 e. The van der Waals surface area contributed by atoms with Crippen molar-refractivity contribution in [3.05, 3.63) is 12.2 Å².